The number of imidazole rings is 1. The summed E-state index contributed by atoms with van der Waals surface area (Å²) in [4.78, 5) is 8.12. The van der Waals surface area contributed by atoms with Gasteiger partial charge in [-0.2, -0.15) is 0 Å². The SMILES string of the molecule is CC(Cl)c1[nH]c(C2CC2)nc1-c1ccccc1. The maximum absolute atomic E-state index is 6.23. The van der Waals surface area contributed by atoms with Crippen LogP contribution in [0.5, 0.6) is 0 Å². The standard InChI is InChI=1S/C14H15ClN2/c1-9(15)12-13(10-5-3-2-4-6-10)17-14(16-12)11-7-8-11/h2-6,9,11H,7-8H2,1H3,(H,16,17). The number of halogens is 1. The summed E-state index contributed by atoms with van der Waals surface area (Å²) in [5.41, 5.74) is 3.19. The zero-order valence-corrected chi connectivity index (χ0v) is 10.5. The molecule has 0 saturated heterocycles. The van der Waals surface area contributed by atoms with Crippen LogP contribution in [0.4, 0.5) is 0 Å². The van der Waals surface area contributed by atoms with Gasteiger partial charge in [0.25, 0.3) is 0 Å². The molecule has 1 atom stereocenters. The predicted octanol–water partition coefficient (Wildman–Crippen LogP) is 4.25. The van der Waals surface area contributed by atoms with Gasteiger partial charge in [-0.3, -0.25) is 0 Å². The number of H-pyrrole nitrogens is 1. The molecule has 0 bridgehead atoms. The second-order valence-corrected chi connectivity index (χ2v) is 5.30. The van der Waals surface area contributed by atoms with E-state index in [1.807, 2.05) is 25.1 Å². The second kappa shape index (κ2) is 4.19. The van der Waals surface area contributed by atoms with Crippen molar-refractivity contribution in [2.45, 2.75) is 31.1 Å². The van der Waals surface area contributed by atoms with E-state index >= 15 is 0 Å². The van der Waals surface area contributed by atoms with Crippen LogP contribution in [0.15, 0.2) is 30.3 Å². The quantitative estimate of drug-likeness (QED) is 0.806. The average molecular weight is 247 g/mol. The molecule has 1 heterocycles. The lowest BCUT2D eigenvalue weighted by Crippen LogP contribution is -1.89. The number of hydrogen-bond acceptors (Lipinski definition) is 1. The Hall–Kier alpha value is -1.28. The Morgan fingerprint density at radius 1 is 1.29 bits per heavy atom. The highest BCUT2D eigenvalue weighted by Crippen LogP contribution is 2.41. The van der Waals surface area contributed by atoms with E-state index in [0.29, 0.717) is 5.92 Å². The van der Waals surface area contributed by atoms with E-state index in [9.17, 15) is 0 Å². The molecule has 2 nitrogen and oxygen atoms in total. The first-order valence-electron chi connectivity index (χ1n) is 6.05. The molecular weight excluding hydrogens is 232 g/mol. The van der Waals surface area contributed by atoms with Gasteiger partial charge in [0.15, 0.2) is 0 Å². The first-order valence-corrected chi connectivity index (χ1v) is 6.48. The minimum absolute atomic E-state index is 0.0368. The predicted molar refractivity (Wildman–Crippen MR) is 70.3 cm³/mol. The van der Waals surface area contributed by atoms with E-state index in [1.165, 1.54) is 12.8 Å². The fraction of sp³-hybridized carbons (Fsp3) is 0.357. The topological polar surface area (TPSA) is 28.7 Å². The average Bonchev–Trinajstić information content (AvgIpc) is 3.09. The van der Waals surface area contributed by atoms with Crippen LogP contribution < -0.4 is 0 Å². The summed E-state index contributed by atoms with van der Waals surface area (Å²) in [6, 6.07) is 10.2. The normalized spacial score (nSPS) is 17.1. The Morgan fingerprint density at radius 3 is 2.59 bits per heavy atom. The molecule has 1 aromatic heterocycles. The molecule has 17 heavy (non-hydrogen) atoms. The number of benzene rings is 1. The lowest BCUT2D eigenvalue weighted by Gasteiger charge is -2.03. The summed E-state index contributed by atoms with van der Waals surface area (Å²) in [6.07, 6.45) is 2.50. The van der Waals surface area contributed by atoms with Crippen LogP contribution in [0.25, 0.3) is 11.3 Å². The number of hydrogen-bond donors (Lipinski definition) is 1. The summed E-state index contributed by atoms with van der Waals surface area (Å²) in [6.45, 7) is 1.98. The van der Waals surface area contributed by atoms with Gasteiger partial charge in [-0.05, 0) is 19.8 Å². The molecule has 1 aromatic carbocycles. The summed E-state index contributed by atoms with van der Waals surface area (Å²) >= 11 is 6.23. The minimum Gasteiger partial charge on any atom is -0.344 e. The van der Waals surface area contributed by atoms with E-state index < -0.39 is 0 Å². The molecule has 2 aromatic rings. The second-order valence-electron chi connectivity index (χ2n) is 4.64. The molecule has 1 N–H and O–H groups in total. The Bertz CT molecular complexity index is 512. The van der Waals surface area contributed by atoms with Crippen molar-refractivity contribution in [3.63, 3.8) is 0 Å². The summed E-state index contributed by atoms with van der Waals surface area (Å²) in [5, 5.41) is -0.0368. The molecule has 0 aliphatic heterocycles. The van der Waals surface area contributed by atoms with Crippen LogP contribution in [0.2, 0.25) is 0 Å². The van der Waals surface area contributed by atoms with Crippen LogP contribution in [-0.2, 0) is 0 Å². The molecule has 1 aliphatic rings. The van der Waals surface area contributed by atoms with Crippen molar-refractivity contribution < 1.29 is 0 Å². The van der Waals surface area contributed by atoms with Crippen molar-refractivity contribution in [3.8, 4) is 11.3 Å². The van der Waals surface area contributed by atoms with Gasteiger partial charge >= 0.3 is 0 Å². The Morgan fingerprint density at radius 2 is 2.00 bits per heavy atom. The lowest BCUT2D eigenvalue weighted by atomic mass is 10.1. The third-order valence-electron chi connectivity index (χ3n) is 3.16. The molecule has 3 rings (SSSR count). The van der Waals surface area contributed by atoms with Crippen LogP contribution in [0.3, 0.4) is 0 Å². The fourth-order valence-corrected chi connectivity index (χ4v) is 2.22. The summed E-state index contributed by atoms with van der Waals surface area (Å²) < 4.78 is 0. The van der Waals surface area contributed by atoms with Crippen LogP contribution in [-0.4, -0.2) is 9.97 Å². The molecule has 0 spiro atoms. The minimum atomic E-state index is -0.0368. The lowest BCUT2D eigenvalue weighted by molar-refractivity contribution is 0.941. The van der Waals surface area contributed by atoms with E-state index in [1.54, 1.807) is 0 Å². The monoisotopic (exact) mass is 246 g/mol. The highest BCUT2D eigenvalue weighted by Gasteiger charge is 2.28. The third kappa shape index (κ3) is 2.09. The maximum atomic E-state index is 6.23. The van der Waals surface area contributed by atoms with Gasteiger partial charge in [0, 0.05) is 11.5 Å². The fourth-order valence-electron chi connectivity index (χ4n) is 2.06. The van der Waals surface area contributed by atoms with Gasteiger partial charge in [-0.1, -0.05) is 30.3 Å². The van der Waals surface area contributed by atoms with Crippen LogP contribution >= 0.6 is 11.6 Å². The number of aromatic amines is 1. The van der Waals surface area contributed by atoms with Crippen molar-refractivity contribution in [2.24, 2.45) is 0 Å². The van der Waals surface area contributed by atoms with Gasteiger partial charge in [-0.15, -0.1) is 11.6 Å². The molecule has 1 unspecified atom stereocenters. The maximum Gasteiger partial charge on any atom is 0.110 e. The van der Waals surface area contributed by atoms with Gasteiger partial charge in [0.1, 0.15) is 5.82 Å². The Kier molecular flexibility index (Phi) is 2.67. The van der Waals surface area contributed by atoms with Crippen LogP contribution in [0.1, 0.15) is 42.6 Å². The molecular formula is C14H15ClN2. The largest absolute Gasteiger partial charge is 0.344 e. The molecule has 1 aliphatic carbocycles. The van der Waals surface area contributed by atoms with Crippen molar-refractivity contribution in [1.29, 1.82) is 0 Å². The van der Waals surface area contributed by atoms with Gasteiger partial charge in [-0.25, -0.2) is 4.98 Å². The van der Waals surface area contributed by atoms with Crippen molar-refractivity contribution in [3.05, 3.63) is 41.9 Å². The van der Waals surface area contributed by atoms with Crippen LogP contribution in [0, 0.1) is 0 Å². The smallest absolute Gasteiger partial charge is 0.110 e. The molecule has 88 valence electrons. The Labute approximate surface area is 106 Å². The van der Waals surface area contributed by atoms with Crippen molar-refractivity contribution >= 4 is 11.6 Å². The number of nitrogens with zero attached hydrogens (tertiary/aromatic N) is 1. The molecule has 1 saturated carbocycles. The first-order chi connectivity index (χ1) is 8.25. The number of rotatable bonds is 3. The highest BCUT2D eigenvalue weighted by molar-refractivity contribution is 6.20. The Balaban J connectivity index is 2.07. The summed E-state index contributed by atoms with van der Waals surface area (Å²) in [7, 11) is 0. The highest BCUT2D eigenvalue weighted by atomic mass is 35.5. The van der Waals surface area contributed by atoms with Gasteiger partial charge < -0.3 is 4.98 Å². The molecule has 1 fully saturated rings. The van der Waals surface area contributed by atoms with E-state index in [2.05, 4.69) is 17.1 Å². The zero-order valence-electron chi connectivity index (χ0n) is 9.78. The third-order valence-corrected chi connectivity index (χ3v) is 3.38. The zero-order chi connectivity index (χ0) is 11.8. The first kappa shape index (κ1) is 10.8. The van der Waals surface area contributed by atoms with Crippen molar-refractivity contribution in [1.82, 2.24) is 9.97 Å². The number of aromatic nitrogens is 2. The number of alkyl halides is 1. The molecule has 0 amide bonds. The van der Waals surface area contributed by atoms with E-state index in [4.69, 9.17) is 16.6 Å². The molecule has 0 radical (unpaired) electrons. The van der Waals surface area contributed by atoms with E-state index in [0.717, 1.165) is 22.8 Å². The van der Waals surface area contributed by atoms with Gasteiger partial charge in [0.05, 0.1) is 16.8 Å². The van der Waals surface area contributed by atoms with Gasteiger partial charge in [0.2, 0.25) is 0 Å². The summed E-state index contributed by atoms with van der Waals surface area (Å²) in [5.74, 6) is 1.73. The van der Waals surface area contributed by atoms with E-state index in [-0.39, 0.29) is 5.38 Å². The number of nitrogens with one attached hydrogen (secondary N) is 1. The van der Waals surface area contributed by atoms with Crippen molar-refractivity contribution in [2.75, 3.05) is 0 Å². The molecule has 3 heteroatoms.